The highest BCUT2D eigenvalue weighted by atomic mass is 16.6. The maximum absolute atomic E-state index is 11.5. The van der Waals surface area contributed by atoms with Crippen molar-refractivity contribution in [1.82, 2.24) is 19.6 Å². The molecule has 0 atom stereocenters. The second-order valence-electron chi connectivity index (χ2n) is 6.44. The molecule has 29 heavy (non-hydrogen) atoms. The van der Waals surface area contributed by atoms with E-state index in [4.69, 9.17) is 0 Å². The Morgan fingerprint density at radius 3 is 2.62 bits per heavy atom. The van der Waals surface area contributed by atoms with Gasteiger partial charge in [0.2, 0.25) is 0 Å². The minimum absolute atomic E-state index is 0.00570. The van der Waals surface area contributed by atoms with Crippen LogP contribution in [0.2, 0.25) is 0 Å². The molecule has 1 N–H and O–H groups in total. The second-order valence-corrected chi connectivity index (χ2v) is 6.44. The molecular formula is C20H16N6O3. The molecule has 0 bridgehead atoms. The van der Waals surface area contributed by atoms with Crippen LogP contribution in [-0.2, 0) is 0 Å². The summed E-state index contributed by atoms with van der Waals surface area (Å²) in [4.78, 5) is 31.1. The standard InChI is InChI=1S/C20H16N6O3/c1-12-16(4-3-5-17(12)26(28)29)18-23-19(20-21-10-11-25(20)24-18)22-15-8-6-14(7-9-15)13(2)27/h3-11H,1-2H3,(H,22,23,24). The molecule has 0 aliphatic carbocycles. The maximum Gasteiger partial charge on any atom is 0.273 e. The molecule has 0 radical (unpaired) electrons. The number of rotatable bonds is 5. The van der Waals surface area contributed by atoms with E-state index in [2.05, 4.69) is 20.4 Å². The maximum atomic E-state index is 11.5. The summed E-state index contributed by atoms with van der Waals surface area (Å²) >= 11 is 0. The van der Waals surface area contributed by atoms with Gasteiger partial charge in [0.25, 0.3) is 5.69 Å². The lowest BCUT2D eigenvalue weighted by Gasteiger charge is -2.10. The molecule has 4 rings (SSSR count). The molecule has 0 aliphatic rings. The minimum Gasteiger partial charge on any atom is -0.337 e. The summed E-state index contributed by atoms with van der Waals surface area (Å²) in [7, 11) is 0. The number of hydrogen-bond acceptors (Lipinski definition) is 7. The van der Waals surface area contributed by atoms with E-state index in [9.17, 15) is 14.9 Å². The summed E-state index contributed by atoms with van der Waals surface area (Å²) in [6.07, 6.45) is 3.27. The molecule has 0 aliphatic heterocycles. The summed E-state index contributed by atoms with van der Waals surface area (Å²) < 4.78 is 1.56. The topological polar surface area (TPSA) is 115 Å². The fourth-order valence-electron chi connectivity index (χ4n) is 3.01. The normalized spacial score (nSPS) is 10.8. The molecule has 9 heteroatoms. The Hall–Kier alpha value is -4.14. The molecule has 0 saturated carbocycles. The Bertz CT molecular complexity index is 1250. The van der Waals surface area contributed by atoms with Gasteiger partial charge in [0.1, 0.15) is 0 Å². The van der Waals surface area contributed by atoms with Crippen LogP contribution in [0.4, 0.5) is 17.2 Å². The van der Waals surface area contributed by atoms with Gasteiger partial charge in [-0.05, 0) is 38.1 Å². The van der Waals surface area contributed by atoms with Crippen molar-refractivity contribution in [1.29, 1.82) is 0 Å². The van der Waals surface area contributed by atoms with E-state index in [0.717, 1.165) is 5.69 Å². The zero-order valence-corrected chi connectivity index (χ0v) is 15.7. The largest absolute Gasteiger partial charge is 0.337 e. The molecule has 2 aromatic heterocycles. The summed E-state index contributed by atoms with van der Waals surface area (Å²) in [5, 5.41) is 18.9. The number of nitro groups is 1. The van der Waals surface area contributed by atoms with Crippen molar-refractivity contribution in [3.8, 4) is 11.4 Å². The average Bonchev–Trinajstić information content (AvgIpc) is 3.17. The van der Waals surface area contributed by atoms with E-state index < -0.39 is 4.92 Å². The summed E-state index contributed by atoms with van der Waals surface area (Å²) in [6, 6.07) is 11.8. The van der Waals surface area contributed by atoms with Crippen LogP contribution in [0.25, 0.3) is 17.0 Å². The lowest BCUT2D eigenvalue weighted by molar-refractivity contribution is -0.385. The van der Waals surface area contributed by atoms with E-state index in [1.165, 1.54) is 13.0 Å². The molecule has 4 aromatic rings. The number of carbonyl (C=O) groups excluding carboxylic acids is 1. The van der Waals surface area contributed by atoms with Gasteiger partial charge in [-0.25, -0.2) is 14.5 Å². The zero-order valence-electron chi connectivity index (χ0n) is 15.7. The van der Waals surface area contributed by atoms with E-state index in [-0.39, 0.29) is 11.5 Å². The van der Waals surface area contributed by atoms with Gasteiger partial charge in [0.05, 0.1) is 4.92 Å². The number of Topliss-reactive ketones (excluding diaryl/α,β-unsaturated/α-hetero) is 1. The molecule has 144 valence electrons. The highest BCUT2D eigenvalue weighted by molar-refractivity contribution is 5.94. The Balaban J connectivity index is 1.80. The quantitative estimate of drug-likeness (QED) is 0.312. The first-order valence-corrected chi connectivity index (χ1v) is 8.78. The average molecular weight is 388 g/mol. The Labute approximate surface area is 165 Å². The molecule has 0 amide bonds. The van der Waals surface area contributed by atoms with E-state index >= 15 is 0 Å². The number of nitro benzene ring substituents is 1. The van der Waals surface area contributed by atoms with Gasteiger partial charge in [0, 0.05) is 40.8 Å². The fraction of sp³-hybridized carbons (Fsp3) is 0.100. The van der Waals surface area contributed by atoms with Gasteiger partial charge in [-0.3, -0.25) is 14.9 Å². The lowest BCUT2D eigenvalue weighted by atomic mass is 10.1. The van der Waals surface area contributed by atoms with Crippen LogP contribution >= 0.6 is 0 Å². The third-order valence-electron chi connectivity index (χ3n) is 4.55. The predicted octanol–water partition coefficient (Wildman–Crippen LogP) is 3.95. The summed E-state index contributed by atoms with van der Waals surface area (Å²) in [5.41, 5.74) is 2.88. The number of nitrogens with one attached hydrogen (secondary N) is 1. The van der Waals surface area contributed by atoms with Crippen LogP contribution in [0.15, 0.2) is 54.9 Å². The van der Waals surface area contributed by atoms with Crippen LogP contribution in [0.3, 0.4) is 0 Å². The van der Waals surface area contributed by atoms with Gasteiger partial charge in [-0.1, -0.05) is 12.1 Å². The van der Waals surface area contributed by atoms with Crippen LogP contribution < -0.4 is 5.32 Å². The minimum atomic E-state index is -0.426. The van der Waals surface area contributed by atoms with Crippen molar-refractivity contribution in [3.63, 3.8) is 0 Å². The number of hydrogen-bond donors (Lipinski definition) is 1. The Kier molecular flexibility index (Phi) is 4.47. The monoisotopic (exact) mass is 388 g/mol. The van der Waals surface area contributed by atoms with Crippen molar-refractivity contribution in [3.05, 3.63) is 76.1 Å². The van der Waals surface area contributed by atoms with Gasteiger partial charge < -0.3 is 5.32 Å². The predicted molar refractivity (Wildman–Crippen MR) is 107 cm³/mol. The van der Waals surface area contributed by atoms with Crippen molar-refractivity contribution in [2.24, 2.45) is 0 Å². The summed E-state index contributed by atoms with van der Waals surface area (Å²) in [5.74, 6) is 0.763. The van der Waals surface area contributed by atoms with Crippen molar-refractivity contribution in [2.45, 2.75) is 13.8 Å². The van der Waals surface area contributed by atoms with Gasteiger partial charge >= 0.3 is 0 Å². The number of imidazole rings is 1. The molecule has 0 saturated heterocycles. The van der Waals surface area contributed by atoms with Gasteiger partial charge in [-0.2, -0.15) is 0 Å². The molecule has 2 aromatic carbocycles. The fourth-order valence-corrected chi connectivity index (χ4v) is 3.01. The number of carbonyl (C=O) groups is 1. The lowest BCUT2D eigenvalue weighted by Crippen LogP contribution is -2.05. The Morgan fingerprint density at radius 2 is 1.93 bits per heavy atom. The van der Waals surface area contributed by atoms with E-state index in [1.807, 2.05) is 0 Å². The second kappa shape index (κ2) is 7.12. The zero-order chi connectivity index (χ0) is 20.5. The first-order chi connectivity index (χ1) is 13.9. The van der Waals surface area contributed by atoms with Gasteiger partial charge in [-0.15, -0.1) is 5.10 Å². The van der Waals surface area contributed by atoms with Gasteiger partial charge in [0.15, 0.2) is 23.1 Å². The molecule has 0 unspecified atom stereocenters. The number of nitrogens with zero attached hydrogens (tertiary/aromatic N) is 5. The number of fused-ring (bicyclic) bond motifs is 1. The molecule has 2 heterocycles. The number of benzene rings is 2. The Morgan fingerprint density at radius 1 is 1.17 bits per heavy atom. The van der Waals surface area contributed by atoms with E-state index in [0.29, 0.717) is 34.0 Å². The summed E-state index contributed by atoms with van der Waals surface area (Å²) in [6.45, 7) is 3.18. The third-order valence-corrected chi connectivity index (χ3v) is 4.55. The van der Waals surface area contributed by atoms with Crippen molar-refractivity contribution < 1.29 is 9.72 Å². The molecule has 9 nitrogen and oxygen atoms in total. The first kappa shape index (κ1) is 18.2. The SMILES string of the molecule is CC(=O)c1ccc(Nc2nc(-c3cccc([N+](=O)[O-])c3C)nn3ccnc23)cc1. The van der Waals surface area contributed by atoms with Crippen LogP contribution in [0.5, 0.6) is 0 Å². The third kappa shape index (κ3) is 3.41. The number of ketones is 1. The first-order valence-electron chi connectivity index (χ1n) is 8.78. The van der Waals surface area contributed by atoms with Crippen LogP contribution in [0.1, 0.15) is 22.8 Å². The molecule has 0 fully saturated rings. The smallest absolute Gasteiger partial charge is 0.273 e. The van der Waals surface area contributed by atoms with Crippen LogP contribution in [0, 0.1) is 17.0 Å². The molecular weight excluding hydrogens is 372 g/mol. The van der Waals surface area contributed by atoms with E-state index in [1.54, 1.807) is 60.2 Å². The molecule has 0 spiro atoms. The highest BCUT2D eigenvalue weighted by Crippen LogP contribution is 2.29. The van der Waals surface area contributed by atoms with Crippen molar-refractivity contribution in [2.75, 3.05) is 5.32 Å². The number of anilines is 2. The number of aromatic nitrogens is 4. The highest BCUT2D eigenvalue weighted by Gasteiger charge is 2.18. The van der Waals surface area contributed by atoms with Crippen molar-refractivity contribution >= 4 is 28.6 Å². The van der Waals surface area contributed by atoms with Crippen LogP contribution in [-0.4, -0.2) is 30.3 Å².